The van der Waals surface area contributed by atoms with Crippen LogP contribution in [0.25, 0.3) is 88.4 Å². The third-order valence-corrected chi connectivity index (χ3v) is 12.9. The van der Waals surface area contributed by atoms with Gasteiger partial charge in [0.15, 0.2) is 0 Å². The molecule has 0 unspecified atom stereocenters. The van der Waals surface area contributed by atoms with Crippen LogP contribution < -0.4 is 0 Å². The van der Waals surface area contributed by atoms with Crippen molar-refractivity contribution in [1.29, 1.82) is 0 Å². The topological polar surface area (TPSA) is 9.86 Å². The quantitative estimate of drug-likeness (QED) is 0.172. The van der Waals surface area contributed by atoms with Crippen LogP contribution in [0.5, 0.6) is 0 Å². The number of fused-ring (bicyclic) bond motifs is 16. The zero-order chi connectivity index (χ0) is 37.2. The Labute approximate surface area is 330 Å². The van der Waals surface area contributed by atoms with E-state index in [1.807, 2.05) is 0 Å². The normalized spacial score (nSPS) is 13.4. The fourth-order valence-corrected chi connectivity index (χ4v) is 10.7. The monoisotopic (exact) mass is 722 g/mol. The summed E-state index contributed by atoms with van der Waals surface area (Å²) >= 11 is 0. The first-order chi connectivity index (χ1) is 28.3. The molecule has 0 bridgehead atoms. The lowest BCUT2D eigenvalue weighted by Crippen LogP contribution is -2.25. The second-order valence-corrected chi connectivity index (χ2v) is 15.6. The lowest BCUT2D eigenvalue weighted by Gasteiger charge is -2.30. The first-order valence-corrected chi connectivity index (χ1v) is 19.9. The van der Waals surface area contributed by atoms with Crippen molar-refractivity contribution in [2.45, 2.75) is 5.41 Å². The van der Waals surface area contributed by atoms with Gasteiger partial charge in [-0.05, 0) is 105 Å². The van der Waals surface area contributed by atoms with Crippen LogP contribution in [0, 0.1) is 0 Å². The molecule has 9 aromatic carbocycles. The van der Waals surface area contributed by atoms with E-state index in [1.165, 1.54) is 111 Å². The van der Waals surface area contributed by atoms with Gasteiger partial charge in [0, 0.05) is 32.8 Å². The molecule has 2 heteroatoms. The van der Waals surface area contributed by atoms with Crippen LogP contribution in [0.1, 0.15) is 22.3 Å². The average Bonchev–Trinajstić information content (AvgIpc) is 3.98. The van der Waals surface area contributed by atoms with Gasteiger partial charge < -0.3 is 9.13 Å². The minimum atomic E-state index is -0.386. The number of rotatable bonds is 3. The van der Waals surface area contributed by atoms with Crippen molar-refractivity contribution >= 4 is 43.6 Å². The summed E-state index contributed by atoms with van der Waals surface area (Å²) < 4.78 is 4.90. The molecule has 2 heterocycles. The largest absolute Gasteiger partial charge is 0.309 e. The SMILES string of the molecule is c1ccc(-n2c3ccccc3c3cc(-c4ccc5c(c4)c4ccccc4n5-c4cccc5c4-c4ccccc4C54c5ccccc5-c5ccccc54)ccc32)cc1. The maximum atomic E-state index is 2.52. The number of hydrogen-bond donors (Lipinski definition) is 0. The lowest BCUT2D eigenvalue weighted by molar-refractivity contribution is 0.793. The highest BCUT2D eigenvalue weighted by molar-refractivity contribution is 6.13. The first kappa shape index (κ1) is 30.9. The van der Waals surface area contributed by atoms with Gasteiger partial charge in [-0.25, -0.2) is 0 Å². The van der Waals surface area contributed by atoms with E-state index in [1.54, 1.807) is 0 Å². The van der Waals surface area contributed by atoms with Gasteiger partial charge >= 0.3 is 0 Å². The second-order valence-electron chi connectivity index (χ2n) is 15.6. The fraction of sp³-hybridized carbons (Fsp3) is 0.0182. The molecule has 0 aliphatic heterocycles. The molecule has 13 rings (SSSR count). The molecule has 1 spiro atoms. The molecule has 2 aliphatic carbocycles. The van der Waals surface area contributed by atoms with Crippen molar-refractivity contribution in [2.75, 3.05) is 0 Å². The Bertz CT molecular complexity index is 3420. The molecule has 0 amide bonds. The van der Waals surface area contributed by atoms with Gasteiger partial charge in [0.1, 0.15) is 0 Å². The molecular formula is C55H34N2. The van der Waals surface area contributed by atoms with E-state index in [4.69, 9.17) is 0 Å². The van der Waals surface area contributed by atoms with Crippen molar-refractivity contribution in [3.63, 3.8) is 0 Å². The fourth-order valence-electron chi connectivity index (χ4n) is 10.7. The van der Waals surface area contributed by atoms with Gasteiger partial charge in [0.2, 0.25) is 0 Å². The Morgan fingerprint density at radius 1 is 0.298 bits per heavy atom. The minimum absolute atomic E-state index is 0.386. The van der Waals surface area contributed by atoms with Crippen molar-refractivity contribution in [1.82, 2.24) is 9.13 Å². The molecular weight excluding hydrogens is 689 g/mol. The Hall–Kier alpha value is -7.42. The van der Waals surface area contributed by atoms with E-state index in [9.17, 15) is 0 Å². The van der Waals surface area contributed by atoms with Gasteiger partial charge in [0.05, 0.1) is 33.2 Å². The molecule has 0 saturated carbocycles. The van der Waals surface area contributed by atoms with Crippen LogP contribution in [-0.4, -0.2) is 9.13 Å². The number of hydrogen-bond acceptors (Lipinski definition) is 0. The molecule has 264 valence electrons. The first-order valence-electron chi connectivity index (χ1n) is 19.9. The van der Waals surface area contributed by atoms with Crippen molar-refractivity contribution in [3.05, 3.63) is 229 Å². The summed E-state index contributed by atoms with van der Waals surface area (Å²) in [6.07, 6.45) is 0. The lowest BCUT2D eigenvalue weighted by atomic mass is 9.70. The maximum Gasteiger partial charge on any atom is 0.0726 e. The van der Waals surface area contributed by atoms with Crippen LogP contribution in [0.3, 0.4) is 0 Å². The molecule has 0 fully saturated rings. The standard InChI is InChI=1S/C55H34N2/c1-2-15-37(16-3-1)56-49-26-12-7-19-40(49)43-33-35(29-31-51(43)56)36-30-32-52-44(34-36)41-20-8-13-27-50(41)57(52)53-28-14-25-48-54(53)42-21-6-11-24-47(42)55(48)45-22-9-4-17-38(45)39-18-5-10-23-46(39)55/h1-34H. The van der Waals surface area contributed by atoms with Crippen LogP contribution in [0.2, 0.25) is 0 Å². The van der Waals surface area contributed by atoms with E-state index in [0.29, 0.717) is 0 Å². The summed E-state index contributed by atoms with van der Waals surface area (Å²) in [4.78, 5) is 0. The van der Waals surface area contributed by atoms with Crippen LogP contribution in [0.15, 0.2) is 206 Å². The summed E-state index contributed by atoms with van der Waals surface area (Å²) in [7, 11) is 0. The predicted molar refractivity (Wildman–Crippen MR) is 237 cm³/mol. The van der Waals surface area contributed by atoms with E-state index in [0.717, 1.165) is 0 Å². The van der Waals surface area contributed by atoms with E-state index in [-0.39, 0.29) is 5.41 Å². The highest BCUT2D eigenvalue weighted by Gasteiger charge is 2.52. The maximum absolute atomic E-state index is 2.52. The number of benzene rings is 9. The highest BCUT2D eigenvalue weighted by atomic mass is 15.0. The minimum Gasteiger partial charge on any atom is -0.309 e. The molecule has 2 aliphatic rings. The molecule has 2 aromatic heterocycles. The summed E-state index contributed by atoms with van der Waals surface area (Å²) in [5.74, 6) is 0. The van der Waals surface area contributed by atoms with Crippen LogP contribution >= 0.6 is 0 Å². The predicted octanol–water partition coefficient (Wildman–Crippen LogP) is 13.9. The average molecular weight is 723 g/mol. The highest BCUT2D eigenvalue weighted by Crippen LogP contribution is 2.63. The van der Waals surface area contributed by atoms with Crippen molar-refractivity contribution in [3.8, 4) is 44.8 Å². The van der Waals surface area contributed by atoms with E-state index in [2.05, 4.69) is 215 Å². The third kappa shape index (κ3) is 3.94. The van der Waals surface area contributed by atoms with Gasteiger partial charge in [0.25, 0.3) is 0 Å². The molecule has 0 radical (unpaired) electrons. The number of nitrogens with zero attached hydrogens (tertiary/aromatic N) is 2. The van der Waals surface area contributed by atoms with Gasteiger partial charge in [-0.3, -0.25) is 0 Å². The zero-order valence-electron chi connectivity index (χ0n) is 31.0. The Balaban J connectivity index is 1.04. The van der Waals surface area contributed by atoms with E-state index < -0.39 is 0 Å². The van der Waals surface area contributed by atoms with Crippen molar-refractivity contribution in [2.24, 2.45) is 0 Å². The van der Waals surface area contributed by atoms with E-state index >= 15 is 0 Å². The molecule has 0 saturated heterocycles. The van der Waals surface area contributed by atoms with Crippen LogP contribution in [0.4, 0.5) is 0 Å². The number of aromatic nitrogens is 2. The third-order valence-electron chi connectivity index (χ3n) is 12.9. The smallest absolute Gasteiger partial charge is 0.0726 e. The molecule has 0 atom stereocenters. The van der Waals surface area contributed by atoms with Crippen LogP contribution in [-0.2, 0) is 5.41 Å². The van der Waals surface area contributed by atoms with Gasteiger partial charge in [-0.2, -0.15) is 0 Å². The molecule has 0 N–H and O–H groups in total. The van der Waals surface area contributed by atoms with Crippen molar-refractivity contribution < 1.29 is 0 Å². The second kappa shape index (κ2) is 11.3. The summed E-state index contributed by atoms with van der Waals surface area (Å²) in [5, 5.41) is 5.03. The summed E-state index contributed by atoms with van der Waals surface area (Å²) in [6.45, 7) is 0. The van der Waals surface area contributed by atoms with Gasteiger partial charge in [-0.15, -0.1) is 0 Å². The van der Waals surface area contributed by atoms with Gasteiger partial charge in [-0.1, -0.05) is 152 Å². The number of para-hydroxylation sites is 3. The summed E-state index contributed by atoms with van der Waals surface area (Å²) in [6, 6.07) is 76.6. The summed E-state index contributed by atoms with van der Waals surface area (Å²) in [5.41, 5.74) is 20.0. The Morgan fingerprint density at radius 2 is 0.754 bits per heavy atom. The molecule has 57 heavy (non-hydrogen) atoms. The Kier molecular flexibility index (Phi) is 6.13. The molecule has 11 aromatic rings. The Morgan fingerprint density at radius 3 is 1.39 bits per heavy atom. The zero-order valence-corrected chi connectivity index (χ0v) is 31.0. The molecule has 2 nitrogen and oxygen atoms in total.